The highest BCUT2D eigenvalue weighted by Gasteiger charge is 2.14. The van der Waals surface area contributed by atoms with Crippen LogP contribution in [0.5, 0.6) is 5.75 Å². The normalized spacial score (nSPS) is 14.5. The summed E-state index contributed by atoms with van der Waals surface area (Å²) < 4.78 is 5.56. The number of hydrazone groups is 1. The molecule has 1 saturated carbocycles. The zero-order valence-corrected chi connectivity index (χ0v) is 18.0. The Kier molecular flexibility index (Phi) is 6.89. The summed E-state index contributed by atoms with van der Waals surface area (Å²) >= 11 is 5.30. The van der Waals surface area contributed by atoms with Crippen LogP contribution in [0.15, 0.2) is 71.8 Å². The van der Waals surface area contributed by atoms with Gasteiger partial charge < -0.3 is 10.1 Å². The molecule has 3 aromatic carbocycles. The molecular formula is C25H25N3O2S. The summed E-state index contributed by atoms with van der Waals surface area (Å²) in [5, 5.41) is 9.94. The first-order valence-corrected chi connectivity index (χ1v) is 11.0. The van der Waals surface area contributed by atoms with Crippen LogP contribution in [0.1, 0.15) is 48.0 Å². The van der Waals surface area contributed by atoms with Crippen molar-refractivity contribution < 1.29 is 9.53 Å². The standard InChI is InChI=1S/C25H25N3O2S/c29-24(23-12-6-8-19-7-4-5-11-22(19)23)30-21-15-13-18(14-16-21)17-26-28-25(31)27-20-9-2-1-3-10-20/h4-8,11-17,20H,1-3,9-10H2,(H2,27,28,31). The molecule has 2 N–H and O–H groups in total. The van der Waals surface area contributed by atoms with Crippen LogP contribution < -0.4 is 15.5 Å². The molecule has 0 aliphatic heterocycles. The minimum Gasteiger partial charge on any atom is -0.423 e. The van der Waals surface area contributed by atoms with Gasteiger partial charge in [-0.15, -0.1) is 0 Å². The quantitative estimate of drug-likeness (QED) is 0.191. The smallest absolute Gasteiger partial charge is 0.344 e. The second-order valence-corrected chi connectivity index (χ2v) is 8.07. The van der Waals surface area contributed by atoms with Crippen molar-refractivity contribution in [2.24, 2.45) is 5.10 Å². The second kappa shape index (κ2) is 10.2. The minimum absolute atomic E-state index is 0.376. The van der Waals surface area contributed by atoms with E-state index in [1.165, 1.54) is 19.3 Å². The summed E-state index contributed by atoms with van der Waals surface area (Å²) in [4.78, 5) is 12.6. The highest BCUT2D eigenvalue weighted by atomic mass is 32.1. The molecule has 0 bridgehead atoms. The summed E-state index contributed by atoms with van der Waals surface area (Å²) in [7, 11) is 0. The van der Waals surface area contributed by atoms with Crippen LogP contribution in [0.3, 0.4) is 0 Å². The Morgan fingerprint density at radius 3 is 2.52 bits per heavy atom. The molecule has 0 radical (unpaired) electrons. The number of carbonyl (C=O) groups excluding carboxylic acids is 1. The van der Waals surface area contributed by atoms with Crippen molar-refractivity contribution in [3.63, 3.8) is 0 Å². The third-order valence-electron chi connectivity index (χ3n) is 5.42. The highest BCUT2D eigenvalue weighted by molar-refractivity contribution is 7.80. The van der Waals surface area contributed by atoms with E-state index in [-0.39, 0.29) is 5.97 Å². The molecule has 158 valence electrons. The Labute approximate surface area is 187 Å². The van der Waals surface area contributed by atoms with Crippen LogP contribution in [0, 0.1) is 0 Å². The molecule has 0 saturated heterocycles. The van der Waals surface area contributed by atoms with Crippen molar-refractivity contribution in [3.05, 3.63) is 77.9 Å². The number of rotatable bonds is 5. The monoisotopic (exact) mass is 431 g/mol. The van der Waals surface area contributed by atoms with Crippen molar-refractivity contribution in [3.8, 4) is 5.75 Å². The third-order valence-corrected chi connectivity index (χ3v) is 5.63. The zero-order chi connectivity index (χ0) is 21.5. The average Bonchev–Trinajstić information content (AvgIpc) is 2.80. The number of nitrogens with one attached hydrogen (secondary N) is 2. The summed E-state index contributed by atoms with van der Waals surface area (Å²) in [5.41, 5.74) is 4.29. The number of carbonyl (C=O) groups is 1. The molecule has 31 heavy (non-hydrogen) atoms. The average molecular weight is 432 g/mol. The fraction of sp³-hybridized carbons (Fsp3) is 0.240. The van der Waals surface area contributed by atoms with E-state index in [9.17, 15) is 4.79 Å². The largest absolute Gasteiger partial charge is 0.423 e. The number of nitrogens with zero attached hydrogens (tertiary/aromatic N) is 1. The number of esters is 1. The molecule has 0 heterocycles. The van der Waals surface area contributed by atoms with Gasteiger partial charge in [0.25, 0.3) is 0 Å². The predicted octanol–water partition coefficient (Wildman–Crippen LogP) is 5.19. The molecule has 0 amide bonds. The fourth-order valence-electron chi connectivity index (χ4n) is 3.82. The Bertz CT molecular complexity index is 1080. The van der Waals surface area contributed by atoms with Crippen LogP contribution in [-0.4, -0.2) is 23.3 Å². The number of thiocarbonyl (C=S) groups is 1. The molecule has 1 fully saturated rings. The number of fused-ring (bicyclic) bond motifs is 1. The molecule has 0 unspecified atom stereocenters. The highest BCUT2D eigenvalue weighted by Crippen LogP contribution is 2.21. The topological polar surface area (TPSA) is 62.7 Å². The van der Waals surface area contributed by atoms with Crippen molar-refractivity contribution in [1.29, 1.82) is 0 Å². The van der Waals surface area contributed by atoms with Gasteiger partial charge in [-0.05, 0) is 71.7 Å². The summed E-state index contributed by atoms with van der Waals surface area (Å²) in [6.07, 6.45) is 7.81. The van der Waals surface area contributed by atoms with Gasteiger partial charge in [0.2, 0.25) is 0 Å². The Morgan fingerprint density at radius 2 is 1.71 bits per heavy atom. The third kappa shape index (κ3) is 5.67. The van der Waals surface area contributed by atoms with Gasteiger partial charge in [0, 0.05) is 6.04 Å². The molecule has 4 rings (SSSR count). The van der Waals surface area contributed by atoms with Crippen LogP contribution >= 0.6 is 12.2 Å². The van der Waals surface area contributed by atoms with Gasteiger partial charge in [0.15, 0.2) is 5.11 Å². The summed E-state index contributed by atoms with van der Waals surface area (Å²) in [5.74, 6) is 0.108. The number of hydrogen-bond donors (Lipinski definition) is 2. The molecule has 1 aliphatic carbocycles. The lowest BCUT2D eigenvalue weighted by molar-refractivity contribution is 0.0737. The Hall–Kier alpha value is -3.25. The summed E-state index contributed by atoms with van der Waals surface area (Å²) in [6.45, 7) is 0. The van der Waals surface area contributed by atoms with E-state index < -0.39 is 0 Å². The van der Waals surface area contributed by atoms with E-state index in [2.05, 4.69) is 15.8 Å². The molecular weight excluding hydrogens is 406 g/mol. The zero-order valence-electron chi connectivity index (χ0n) is 17.2. The van der Waals surface area contributed by atoms with E-state index in [0.717, 1.165) is 29.2 Å². The van der Waals surface area contributed by atoms with Crippen molar-refractivity contribution in [2.45, 2.75) is 38.1 Å². The molecule has 6 heteroatoms. The lowest BCUT2D eigenvalue weighted by Crippen LogP contribution is -2.40. The second-order valence-electron chi connectivity index (χ2n) is 7.66. The van der Waals surface area contributed by atoms with Gasteiger partial charge in [0.05, 0.1) is 11.8 Å². The van der Waals surface area contributed by atoms with Gasteiger partial charge in [-0.25, -0.2) is 4.79 Å². The maximum absolute atomic E-state index is 12.6. The van der Waals surface area contributed by atoms with Crippen LogP contribution in [0.2, 0.25) is 0 Å². The first kappa shape index (κ1) is 21.0. The number of benzene rings is 3. The van der Waals surface area contributed by atoms with Crippen molar-refractivity contribution in [2.75, 3.05) is 0 Å². The lowest BCUT2D eigenvalue weighted by Gasteiger charge is -2.23. The van der Waals surface area contributed by atoms with Crippen molar-refractivity contribution >= 4 is 40.3 Å². The van der Waals surface area contributed by atoms with E-state index in [4.69, 9.17) is 17.0 Å². The predicted molar refractivity (Wildman–Crippen MR) is 129 cm³/mol. The molecule has 1 aliphatic rings. The molecule has 0 atom stereocenters. The van der Waals surface area contributed by atoms with Gasteiger partial charge >= 0.3 is 5.97 Å². The van der Waals surface area contributed by atoms with E-state index in [0.29, 0.717) is 22.5 Å². The molecule has 0 aromatic heterocycles. The number of ether oxygens (including phenoxy) is 1. The molecule has 5 nitrogen and oxygen atoms in total. The van der Waals surface area contributed by atoms with Crippen LogP contribution in [-0.2, 0) is 0 Å². The van der Waals surface area contributed by atoms with Gasteiger partial charge in [-0.2, -0.15) is 5.10 Å². The maximum atomic E-state index is 12.6. The van der Waals surface area contributed by atoms with E-state index >= 15 is 0 Å². The van der Waals surface area contributed by atoms with E-state index in [1.807, 2.05) is 48.5 Å². The molecule has 3 aromatic rings. The van der Waals surface area contributed by atoms with Crippen molar-refractivity contribution in [1.82, 2.24) is 10.7 Å². The van der Waals surface area contributed by atoms with Gasteiger partial charge in [-0.3, -0.25) is 5.43 Å². The Balaban J connectivity index is 1.32. The Morgan fingerprint density at radius 1 is 0.968 bits per heavy atom. The van der Waals surface area contributed by atoms with E-state index in [1.54, 1.807) is 24.4 Å². The van der Waals surface area contributed by atoms with Crippen LogP contribution in [0.4, 0.5) is 0 Å². The SMILES string of the molecule is O=C(Oc1ccc(C=NNC(=S)NC2CCCCC2)cc1)c1cccc2ccccc12. The molecule has 0 spiro atoms. The minimum atomic E-state index is -0.376. The van der Waals surface area contributed by atoms with Crippen LogP contribution in [0.25, 0.3) is 10.8 Å². The fourth-order valence-corrected chi connectivity index (χ4v) is 4.04. The van der Waals surface area contributed by atoms with Gasteiger partial charge in [-0.1, -0.05) is 55.7 Å². The lowest BCUT2D eigenvalue weighted by atomic mass is 9.96. The first-order chi connectivity index (χ1) is 15.2. The summed E-state index contributed by atoms with van der Waals surface area (Å²) in [6, 6.07) is 21.0. The maximum Gasteiger partial charge on any atom is 0.344 e. The van der Waals surface area contributed by atoms with Gasteiger partial charge in [0.1, 0.15) is 5.75 Å². The first-order valence-electron chi connectivity index (χ1n) is 10.6. The number of hydrogen-bond acceptors (Lipinski definition) is 4.